The Balaban J connectivity index is 3.28. The molecular formula is C10H12N2O6. The molecule has 0 bridgehead atoms. The molecule has 0 aliphatic carbocycles. The number of carbonyl (C=O) groups is 1. The normalized spacial score (nSPS) is 9.50. The number of nitrogens with one attached hydrogen (secondary N) is 1. The van der Waals surface area contributed by atoms with Crippen LogP contribution in [0, 0.1) is 10.1 Å². The molecular weight excluding hydrogens is 244 g/mol. The third-order valence-electron chi connectivity index (χ3n) is 2.12. The van der Waals surface area contributed by atoms with Crippen LogP contribution in [0.15, 0.2) is 12.1 Å². The summed E-state index contributed by atoms with van der Waals surface area (Å²) in [4.78, 5) is 21.3. The van der Waals surface area contributed by atoms with E-state index < -0.39 is 11.0 Å². The number of carbonyl (C=O) groups excluding carboxylic acids is 1. The van der Waals surface area contributed by atoms with Crippen molar-refractivity contribution in [1.82, 2.24) is 0 Å². The maximum Gasteiger partial charge on any atom is 0.411 e. The number of methoxy groups -OCH3 is 3. The number of hydrogen-bond donors (Lipinski definition) is 1. The van der Waals surface area contributed by atoms with Crippen LogP contribution in [0.1, 0.15) is 0 Å². The van der Waals surface area contributed by atoms with Crippen molar-refractivity contribution in [1.29, 1.82) is 0 Å². The van der Waals surface area contributed by atoms with Gasteiger partial charge in [0.25, 0.3) is 5.69 Å². The van der Waals surface area contributed by atoms with Crippen molar-refractivity contribution in [3.05, 3.63) is 22.2 Å². The van der Waals surface area contributed by atoms with Gasteiger partial charge in [-0.2, -0.15) is 0 Å². The molecule has 1 aromatic rings. The lowest BCUT2D eigenvalue weighted by Gasteiger charge is -2.10. The molecule has 1 amide bonds. The van der Waals surface area contributed by atoms with Gasteiger partial charge < -0.3 is 14.2 Å². The Bertz CT molecular complexity index is 474. The Labute approximate surface area is 103 Å². The molecule has 18 heavy (non-hydrogen) atoms. The van der Waals surface area contributed by atoms with Gasteiger partial charge in [-0.1, -0.05) is 0 Å². The van der Waals surface area contributed by atoms with Crippen molar-refractivity contribution in [3.8, 4) is 11.5 Å². The fourth-order valence-corrected chi connectivity index (χ4v) is 1.28. The zero-order valence-corrected chi connectivity index (χ0v) is 10.1. The fourth-order valence-electron chi connectivity index (χ4n) is 1.28. The van der Waals surface area contributed by atoms with E-state index in [1.165, 1.54) is 20.3 Å². The number of nitro groups is 1. The van der Waals surface area contributed by atoms with Crippen LogP contribution in [-0.2, 0) is 4.74 Å². The van der Waals surface area contributed by atoms with E-state index in [-0.39, 0.29) is 22.9 Å². The Morgan fingerprint density at radius 3 is 2.22 bits per heavy atom. The van der Waals surface area contributed by atoms with Crippen LogP contribution in [-0.4, -0.2) is 32.3 Å². The van der Waals surface area contributed by atoms with E-state index in [0.717, 1.165) is 13.2 Å². The van der Waals surface area contributed by atoms with Gasteiger partial charge in [0.05, 0.1) is 32.3 Å². The maximum absolute atomic E-state index is 11.1. The fraction of sp³-hybridized carbons (Fsp3) is 0.300. The second-order valence-corrected chi connectivity index (χ2v) is 3.10. The largest absolute Gasteiger partial charge is 0.493 e. The molecule has 0 saturated heterocycles. The lowest BCUT2D eigenvalue weighted by atomic mass is 10.2. The second kappa shape index (κ2) is 5.71. The molecule has 0 aromatic heterocycles. The minimum atomic E-state index is -0.815. The predicted molar refractivity (Wildman–Crippen MR) is 62.2 cm³/mol. The van der Waals surface area contributed by atoms with Gasteiger partial charge in [-0.25, -0.2) is 4.79 Å². The first-order valence-corrected chi connectivity index (χ1v) is 4.78. The summed E-state index contributed by atoms with van der Waals surface area (Å²) in [5.41, 5.74) is -0.359. The number of hydrogen-bond acceptors (Lipinski definition) is 6. The van der Waals surface area contributed by atoms with Crippen molar-refractivity contribution in [3.63, 3.8) is 0 Å². The molecule has 0 fully saturated rings. The van der Waals surface area contributed by atoms with E-state index in [1.54, 1.807) is 0 Å². The number of ether oxygens (including phenoxy) is 3. The molecule has 0 saturated carbocycles. The van der Waals surface area contributed by atoms with Crippen molar-refractivity contribution < 1.29 is 23.9 Å². The molecule has 0 spiro atoms. The van der Waals surface area contributed by atoms with Crippen molar-refractivity contribution in [2.24, 2.45) is 0 Å². The SMILES string of the molecule is COC(=O)Nc1cc(OC)c(OC)cc1[N+](=O)[O-]. The Kier molecular flexibility index (Phi) is 4.30. The van der Waals surface area contributed by atoms with Gasteiger partial charge in [-0.3, -0.25) is 15.4 Å². The van der Waals surface area contributed by atoms with E-state index in [2.05, 4.69) is 10.1 Å². The number of anilines is 1. The zero-order chi connectivity index (χ0) is 13.7. The Morgan fingerprint density at radius 1 is 1.22 bits per heavy atom. The molecule has 8 nitrogen and oxygen atoms in total. The first-order valence-electron chi connectivity index (χ1n) is 4.78. The molecule has 0 heterocycles. The number of nitro benzene ring substituents is 1. The summed E-state index contributed by atoms with van der Waals surface area (Å²) < 4.78 is 14.3. The molecule has 0 radical (unpaired) electrons. The highest BCUT2D eigenvalue weighted by molar-refractivity contribution is 5.88. The van der Waals surface area contributed by atoms with Gasteiger partial charge in [0, 0.05) is 6.07 Å². The van der Waals surface area contributed by atoms with Crippen LogP contribution in [0.5, 0.6) is 11.5 Å². The Morgan fingerprint density at radius 2 is 1.78 bits per heavy atom. The van der Waals surface area contributed by atoms with E-state index >= 15 is 0 Å². The van der Waals surface area contributed by atoms with Crippen molar-refractivity contribution >= 4 is 17.5 Å². The van der Waals surface area contributed by atoms with Crippen LogP contribution in [0.2, 0.25) is 0 Å². The summed E-state index contributed by atoms with van der Waals surface area (Å²) in [7, 11) is 3.89. The zero-order valence-electron chi connectivity index (χ0n) is 10.1. The standard InChI is InChI=1S/C10H12N2O6/c1-16-8-4-6(11-10(13)18-3)7(12(14)15)5-9(8)17-2/h4-5H,1-3H3,(H,11,13). The van der Waals surface area contributed by atoms with Gasteiger partial charge in [0.15, 0.2) is 11.5 Å². The third kappa shape index (κ3) is 2.78. The minimum Gasteiger partial charge on any atom is -0.493 e. The average molecular weight is 256 g/mol. The first kappa shape index (κ1) is 13.6. The average Bonchev–Trinajstić information content (AvgIpc) is 2.37. The van der Waals surface area contributed by atoms with Gasteiger partial charge in [0.1, 0.15) is 5.69 Å². The smallest absolute Gasteiger partial charge is 0.411 e. The quantitative estimate of drug-likeness (QED) is 0.651. The van der Waals surface area contributed by atoms with Crippen LogP contribution in [0.4, 0.5) is 16.2 Å². The molecule has 1 rings (SSSR count). The topological polar surface area (TPSA) is 99.9 Å². The van der Waals surface area contributed by atoms with Crippen molar-refractivity contribution in [2.45, 2.75) is 0 Å². The Hall–Kier alpha value is -2.51. The van der Waals surface area contributed by atoms with E-state index in [4.69, 9.17) is 9.47 Å². The van der Waals surface area contributed by atoms with Crippen molar-refractivity contribution in [2.75, 3.05) is 26.6 Å². The molecule has 1 N–H and O–H groups in total. The summed E-state index contributed by atoms with van der Waals surface area (Å²) in [5.74, 6) is 0.453. The van der Waals surface area contributed by atoms with Gasteiger partial charge in [0.2, 0.25) is 0 Å². The van der Waals surface area contributed by atoms with Crippen LogP contribution in [0.25, 0.3) is 0 Å². The lowest BCUT2D eigenvalue weighted by molar-refractivity contribution is -0.384. The lowest BCUT2D eigenvalue weighted by Crippen LogP contribution is -2.12. The summed E-state index contributed by atoms with van der Waals surface area (Å²) in [5, 5.41) is 13.1. The van der Waals surface area contributed by atoms with Gasteiger partial charge in [-0.15, -0.1) is 0 Å². The first-order chi connectivity index (χ1) is 8.53. The minimum absolute atomic E-state index is 0.0375. The maximum atomic E-state index is 11.1. The molecule has 98 valence electrons. The highest BCUT2D eigenvalue weighted by Crippen LogP contribution is 2.37. The van der Waals surface area contributed by atoms with E-state index in [1.807, 2.05) is 0 Å². The number of benzene rings is 1. The molecule has 0 aliphatic rings. The van der Waals surface area contributed by atoms with Crippen LogP contribution in [0.3, 0.4) is 0 Å². The van der Waals surface area contributed by atoms with Gasteiger partial charge >= 0.3 is 6.09 Å². The second-order valence-electron chi connectivity index (χ2n) is 3.10. The van der Waals surface area contributed by atoms with E-state index in [0.29, 0.717) is 0 Å². The van der Waals surface area contributed by atoms with Crippen LogP contribution < -0.4 is 14.8 Å². The highest BCUT2D eigenvalue weighted by Gasteiger charge is 2.21. The van der Waals surface area contributed by atoms with Crippen LogP contribution >= 0.6 is 0 Å². The summed E-state index contributed by atoms with van der Waals surface area (Å²) >= 11 is 0. The van der Waals surface area contributed by atoms with E-state index in [9.17, 15) is 14.9 Å². The monoisotopic (exact) mass is 256 g/mol. The summed E-state index contributed by atoms with van der Waals surface area (Å²) in [6.45, 7) is 0. The predicted octanol–water partition coefficient (Wildman–Crippen LogP) is 1.79. The summed E-state index contributed by atoms with van der Waals surface area (Å²) in [6.07, 6.45) is -0.815. The molecule has 0 unspecified atom stereocenters. The molecule has 0 atom stereocenters. The number of nitrogens with zero attached hydrogens (tertiary/aromatic N) is 1. The number of amides is 1. The molecule has 1 aromatic carbocycles. The third-order valence-corrected chi connectivity index (χ3v) is 2.12. The number of rotatable bonds is 4. The molecule has 0 aliphatic heterocycles. The molecule has 8 heteroatoms. The highest BCUT2D eigenvalue weighted by atomic mass is 16.6. The summed E-state index contributed by atoms with van der Waals surface area (Å²) in [6, 6.07) is 2.44. The van der Waals surface area contributed by atoms with Gasteiger partial charge in [-0.05, 0) is 0 Å².